The van der Waals surface area contributed by atoms with Crippen molar-refractivity contribution in [3.63, 3.8) is 0 Å². The number of anilines is 2. The number of amides is 4. The highest BCUT2D eigenvalue weighted by Gasteiger charge is 2.18. The Morgan fingerprint density at radius 3 is 1.45 bits per heavy atom. The summed E-state index contributed by atoms with van der Waals surface area (Å²) in [6, 6.07) is 9.35. The Morgan fingerprint density at radius 2 is 1.09 bits per heavy atom. The molecule has 1 aromatic carbocycles. The van der Waals surface area contributed by atoms with Gasteiger partial charge < -0.3 is 41.9 Å². The van der Waals surface area contributed by atoms with Crippen LogP contribution in [0.2, 0.25) is 0 Å². The number of hydrogen-bond donors (Lipinski definition) is 8. The number of aromatic nitrogens is 2. The highest BCUT2D eigenvalue weighted by Crippen LogP contribution is 2.19. The van der Waals surface area contributed by atoms with Gasteiger partial charge in [-0.1, -0.05) is 19.9 Å². The van der Waals surface area contributed by atoms with Crippen molar-refractivity contribution in [2.75, 3.05) is 23.7 Å². The van der Waals surface area contributed by atoms with Crippen molar-refractivity contribution in [1.29, 1.82) is 10.8 Å². The van der Waals surface area contributed by atoms with Crippen LogP contribution in [-0.4, -0.2) is 57.5 Å². The van der Waals surface area contributed by atoms with Gasteiger partial charge in [0.25, 0.3) is 23.6 Å². The minimum Gasteiger partial charge on any atom is -0.388 e. The third kappa shape index (κ3) is 9.31. The summed E-state index contributed by atoms with van der Waals surface area (Å²) >= 11 is 0. The Kier molecular flexibility index (Phi) is 11.8. The fraction of sp³-hybridized carbons (Fsp3) is 0.333. The number of nitrogens with two attached hydrogens (primary N) is 2. The van der Waals surface area contributed by atoms with Gasteiger partial charge in [-0.25, -0.2) is 0 Å². The SMILES string of the molecule is CCCn1cc(NC(=O)c2cccc(C(=O)Nc3cc(C(=O)NCCC(=N)N)n(CCC)c3)c2)cc1C(=O)NCCC(=N)N. The van der Waals surface area contributed by atoms with Crippen LogP contribution in [0.5, 0.6) is 0 Å². The largest absolute Gasteiger partial charge is 0.388 e. The number of amidine groups is 2. The smallest absolute Gasteiger partial charge is 0.267 e. The third-order valence-corrected chi connectivity index (χ3v) is 6.45. The first kappa shape index (κ1) is 33.1. The lowest BCUT2D eigenvalue weighted by Gasteiger charge is -2.08. The predicted molar refractivity (Wildman–Crippen MR) is 170 cm³/mol. The second-order valence-electron chi connectivity index (χ2n) is 10.2. The molecule has 0 atom stereocenters. The Hall–Kier alpha value is -5.40. The van der Waals surface area contributed by atoms with Gasteiger partial charge in [-0.3, -0.25) is 30.0 Å². The average molecular weight is 605 g/mol. The summed E-state index contributed by atoms with van der Waals surface area (Å²) in [6.07, 6.45) is 5.34. The van der Waals surface area contributed by atoms with Crippen LogP contribution in [0.4, 0.5) is 11.4 Å². The van der Waals surface area contributed by atoms with Gasteiger partial charge in [0.15, 0.2) is 0 Å². The fourth-order valence-electron chi connectivity index (χ4n) is 4.40. The van der Waals surface area contributed by atoms with E-state index in [1.807, 2.05) is 13.8 Å². The lowest BCUT2D eigenvalue weighted by atomic mass is 10.1. The molecule has 14 nitrogen and oxygen atoms in total. The van der Waals surface area contributed by atoms with Crippen LogP contribution < -0.4 is 32.7 Å². The molecule has 0 aliphatic carbocycles. The summed E-state index contributed by atoms with van der Waals surface area (Å²) in [5, 5.41) is 25.6. The molecule has 14 heteroatoms. The summed E-state index contributed by atoms with van der Waals surface area (Å²) < 4.78 is 3.48. The number of hydrogen-bond acceptors (Lipinski definition) is 6. The molecule has 3 rings (SSSR count). The first-order valence-electron chi connectivity index (χ1n) is 14.4. The lowest BCUT2D eigenvalue weighted by molar-refractivity contribution is 0.0937. The molecule has 44 heavy (non-hydrogen) atoms. The van der Waals surface area contributed by atoms with Crippen molar-refractivity contribution in [3.05, 3.63) is 71.3 Å². The van der Waals surface area contributed by atoms with E-state index in [1.165, 1.54) is 6.07 Å². The van der Waals surface area contributed by atoms with E-state index in [1.54, 1.807) is 51.9 Å². The molecule has 0 aliphatic heterocycles. The summed E-state index contributed by atoms with van der Waals surface area (Å²) in [6.45, 7) is 5.50. The highest BCUT2D eigenvalue weighted by molar-refractivity contribution is 6.09. The molecule has 3 aromatic rings. The molecular weight excluding hydrogens is 564 g/mol. The Morgan fingerprint density at radius 1 is 0.682 bits per heavy atom. The van der Waals surface area contributed by atoms with Gasteiger partial charge in [-0.2, -0.15) is 0 Å². The number of benzene rings is 1. The first-order valence-corrected chi connectivity index (χ1v) is 14.4. The standard InChI is InChI=1S/C30H40N10O4/c1-3-12-39-17-21(15-23(39)29(43)35-10-8-25(31)32)37-27(41)19-6-5-7-20(14-19)28(42)38-22-16-24(40(18-22)13-4-2)30(44)36-11-9-26(33)34/h5-7,14-18H,3-4,8-13H2,1-2H3,(H3,31,32)(H3,33,34)(H,35,43)(H,36,44)(H,37,41)(H,38,42). The van der Waals surface area contributed by atoms with E-state index in [-0.39, 0.29) is 60.5 Å². The van der Waals surface area contributed by atoms with Crippen LogP contribution in [0.25, 0.3) is 0 Å². The first-order chi connectivity index (χ1) is 21.0. The molecule has 0 bridgehead atoms. The van der Waals surface area contributed by atoms with E-state index in [4.69, 9.17) is 22.3 Å². The lowest BCUT2D eigenvalue weighted by Crippen LogP contribution is -2.29. The molecule has 0 radical (unpaired) electrons. The van der Waals surface area contributed by atoms with Crippen molar-refractivity contribution < 1.29 is 19.2 Å². The summed E-state index contributed by atoms with van der Waals surface area (Å²) in [7, 11) is 0. The zero-order valence-electron chi connectivity index (χ0n) is 25.0. The number of carbonyl (C=O) groups is 4. The molecule has 2 heterocycles. The molecule has 10 N–H and O–H groups in total. The highest BCUT2D eigenvalue weighted by atomic mass is 16.2. The van der Waals surface area contributed by atoms with Gasteiger partial charge >= 0.3 is 0 Å². The second-order valence-corrected chi connectivity index (χ2v) is 10.2. The zero-order valence-corrected chi connectivity index (χ0v) is 25.0. The molecule has 0 spiro atoms. The molecule has 234 valence electrons. The van der Waals surface area contributed by atoms with E-state index in [0.717, 1.165) is 12.8 Å². The van der Waals surface area contributed by atoms with Crippen molar-refractivity contribution in [2.45, 2.75) is 52.6 Å². The van der Waals surface area contributed by atoms with Crippen LogP contribution >= 0.6 is 0 Å². The molecule has 2 aromatic heterocycles. The fourth-order valence-corrected chi connectivity index (χ4v) is 4.40. The van der Waals surface area contributed by atoms with E-state index >= 15 is 0 Å². The maximum Gasteiger partial charge on any atom is 0.267 e. The monoisotopic (exact) mass is 604 g/mol. The van der Waals surface area contributed by atoms with Crippen LogP contribution in [0.3, 0.4) is 0 Å². The summed E-state index contributed by atoms with van der Waals surface area (Å²) in [4.78, 5) is 51.6. The van der Waals surface area contributed by atoms with Gasteiger partial charge in [0.1, 0.15) is 11.4 Å². The minimum atomic E-state index is -0.463. The van der Waals surface area contributed by atoms with Crippen molar-refractivity contribution in [2.24, 2.45) is 11.5 Å². The summed E-state index contributed by atoms with van der Waals surface area (Å²) in [5.74, 6) is -1.66. The van der Waals surface area contributed by atoms with Gasteiger partial charge in [0, 0.05) is 62.5 Å². The minimum absolute atomic E-state index is 0.0254. The van der Waals surface area contributed by atoms with Gasteiger partial charge in [-0.05, 0) is 43.2 Å². The number of rotatable bonds is 16. The molecule has 0 saturated carbocycles. The Balaban J connectivity index is 1.71. The van der Waals surface area contributed by atoms with Gasteiger partial charge in [0.05, 0.1) is 23.0 Å². The van der Waals surface area contributed by atoms with Crippen LogP contribution in [0.1, 0.15) is 81.2 Å². The molecule has 0 fully saturated rings. The second kappa shape index (κ2) is 15.7. The Bertz CT molecular complexity index is 1430. The van der Waals surface area contributed by atoms with Gasteiger partial charge in [0.2, 0.25) is 0 Å². The maximum atomic E-state index is 13.1. The van der Waals surface area contributed by atoms with Crippen LogP contribution in [0.15, 0.2) is 48.8 Å². The number of nitrogens with zero attached hydrogens (tertiary/aromatic N) is 2. The van der Waals surface area contributed by atoms with E-state index < -0.39 is 11.8 Å². The summed E-state index contributed by atoms with van der Waals surface area (Å²) in [5.41, 5.74) is 12.8. The van der Waals surface area contributed by atoms with Crippen LogP contribution in [0, 0.1) is 10.8 Å². The number of nitrogens with one attached hydrogen (secondary N) is 6. The number of carbonyl (C=O) groups excluding carboxylic acids is 4. The topological polar surface area (TPSA) is 226 Å². The maximum absolute atomic E-state index is 13.1. The zero-order chi connectivity index (χ0) is 32.2. The van der Waals surface area contributed by atoms with Crippen molar-refractivity contribution in [1.82, 2.24) is 19.8 Å². The molecule has 0 aliphatic rings. The van der Waals surface area contributed by atoms with Crippen molar-refractivity contribution >= 4 is 46.7 Å². The molecule has 0 unspecified atom stereocenters. The Labute approximate surface area is 255 Å². The van der Waals surface area contributed by atoms with Gasteiger partial charge in [-0.15, -0.1) is 0 Å². The molecule has 4 amide bonds. The average Bonchev–Trinajstić information content (AvgIpc) is 3.56. The van der Waals surface area contributed by atoms with E-state index in [0.29, 0.717) is 35.9 Å². The number of aryl methyl sites for hydroxylation is 2. The molecular formula is C30H40N10O4. The normalized spacial score (nSPS) is 10.6. The third-order valence-electron chi connectivity index (χ3n) is 6.45. The quantitative estimate of drug-likeness (QED) is 0.0905. The van der Waals surface area contributed by atoms with E-state index in [2.05, 4.69) is 21.3 Å². The predicted octanol–water partition coefficient (Wildman–Crippen LogP) is 2.73. The molecule has 0 saturated heterocycles. The van der Waals surface area contributed by atoms with E-state index in [9.17, 15) is 19.2 Å². The van der Waals surface area contributed by atoms with Crippen molar-refractivity contribution in [3.8, 4) is 0 Å². The van der Waals surface area contributed by atoms with Crippen LogP contribution in [-0.2, 0) is 13.1 Å².